The maximum absolute atomic E-state index is 11.2. The lowest BCUT2D eigenvalue weighted by Crippen LogP contribution is -2.65. The molecule has 0 saturated carbocycles. The van der Waals surface area contributed by atoms with Crippen LogP contribution < -0.4 is 5.32 Å². The Labute approximate surface area is 112 Å². The molecule has 0 aliphatic carbocycles. The molecule has 1 fully saturated rings. The number of aliphatic hydroxyl groups excluding tert-OH is 3. The number of nitrogens with one attached hydrogen (secondary N) is 1. The van der Waals surface area contributed by atoms with E-state index in [1.54, 1.807) is 20.8 Å². The van der Waals surface area contributed by atoms with E-state index in [1.807, 2.05) is 0 Å². The van der Waals surface area contributed by atoms with Crippen LogP contribution in [-0.2, 0) is 14.3 Å². The van der Waals surface area contributed by atoms with Crippen molar-refractivity contribution in [3.8, 4) is 0 Å². The summed E-state index contributed by atoms with van der Waals surface area (Å²) >= 11 is 0. The molecule has 4 N–H and O–H groups in total. The molecule has 112 valence electrons. The Hall–Kier alpha value is -0.730. The highest BCUT2D eigenvalue weighted by atomic mass is 16.7. The van der Waals surface area contributed by atoms with Crippen molar-refractivity contribution in [1.29, 1.82) is 0 Å². The Morgan fingerprint density at radius 3 is 2.32 bits per heavy atom. The summed E-state index contributed by atoms with van der Waals surface area (Å²) in [4.78, 5) is 11.2. The fourth-order valence-electron chi connectivity index (χ4n) is 1.92. The number of rotatable bonds is 3. The van der Waals surface area contributed by atoms with Gasteiger partial charge < -0.3 is 30.1 Å². The largest absolute Gasteiger partial charge is 0.394 e. The van der Waals surface area contributed by atoms with E-state index in [0.29, 0.717) is 0 Å². The van der Waals surface area contributed by atoms with Gasteiger partial charge in [-0.1, -0.05) is 0 Å². The molecule has 19 heavy (non-hydrogen) atoms. The zero-order valence-electron chi connectivity index (χ0n) is 11.7. The topological polar surface area (TPSA) is 108 Å². The number of aliphatic hydroxyl groups is 3. The highest BCUT2D eigenvalue weighted by Crippen LogP contribution is 2.25. The quantitative estimate of drug-likeness (QED) is 0.513. The minimum atomic E-state index is -1.29. The van der Waals surface area contributed by atoms with Gasteiger partial charge in [0.2, 0.25) is 5.91 Å². The van der Waals surface area contributed by atoms with Crippen molar-refractivity contribution in [2.75, 3.05) is 6.61 Å². The van der Waals surface area contributed by atoms with Crippen LogP contribution in [0, 0.1) is 0 Å². The molecule has 7 nitrogen and oxygen atoms in total. The molecule has 1 saturated heterocycles. The minimum absolute atomic E-state index is 0.371. The van der Waals surface area contributed by atoms with Crippen LogP contribution in [0.15, 0.2) is 0 Å². The zero-order valence-corrected chi connectivity index (χ0v) is 11.7. The molecule has 1 heterocycles. The van der Waals surface area contributed by atoms with E-state index in [4.69, 9.17) is 14.6 Å². The molecule has 0 spiro atoms. The number of carbonyl (C=O) groups is 1. The number of amides is 1. The normalized spacial score (nSPS) is 36.1. The molecule has 1 aliphatic heterocycles. The fraction of sp³-hybridized carbons (Fsp3) is 0.917. The van der Waals surface area contributed by atoms with Gasteiger partial charge in [0.15, 0.2) is 6.29 Å². The third kappa shape index (κ3) is 4.39. The Kier molecular flexibility index (Phi) is 5.28. The molecular formula is C12H23NO6. The second kappa shape index (κ2) is 6.15. The van der Waals surface area contributed by atoms with Gasteiger partial charge >= 0.3 is 0 Å². The summed E-state index contributed by atoms with van der Waals surface area (Å²) in [6.07, 6.45) is -4.46. The van der Waals surface area contributed by atoms with E-state index in [9.17, 15) is 15.0 Å². The third-order valence-corrected chi connectivity index (χ3v) is 2.72. The van der Waals surface area contributed by atoms with Crippen molar-refractivity contribution in [3.63, 3.8) is 0 Å². The first-order valence-corrected chi connectivity index (χ1v) is 6.23. The van der Waals surface area contributed by atoms with Gasteiger partial charge in [-0.25, -0.2) is 0 Å². The SMILES string of the molecule is CC(=O)N[C@H]1C(O)[C@@H](O)C(CO)O[C@@H]1OC(C)(C)C. The van der Waals surface area contributed by atoms with Gasteiger partial charge in [0.1, 0.15) is 24.4 Å². The van der Waals surface area contributed by atoms with Crippen LogP contribution in [-0.4, -0.2) is 64.1 Å². The molecule has 1 amide bonds. The summed E-state index contributed by atoms with van der Waals surface area (Å²) in [7, 11) is 0. The van der Waals surface area contributed by atoms with Crippen molar-refractivity contribution in [3.05, 3.63) is 0 Å². The summed E-state index contributed by atoms with van der Waals surface area (Å²) < 4.78 is 11.0. The van der Waals surface area contributed by atoms with Crippen LogP contribution in [0.5, 0.6) is 0 Å². The number of hydrogen-bond donors (Lipinski definition) is 4. The number of hydrogen-bond acceptors (Lipinski definition) is 6. The molecule has 5 atom stereocenters. The Bertz CT molecular complexity index is 316. The Morgan fingerprint density at radius 1 is 1.32 bits per heavy atom. The molecule has 1 aliphatic rings. The predicted octanol–water partition coefficient (Wildman–Crippen LogP) is -1.25. The van der Waals surface area contributed by atoms with Gasteiger partial charge in [-0.2, -0.15) is 0 Å². The molecule has 0 radical (unpaired) electrons. The first-order chi connectivity index (χ1) is 8.65. The van der Waals surface area contributed by atoms with Gasteiger partial charge in [0.05, 0.1) is 12.2 Å². The Morgan fingerprint density at radius 2 is 1.89 bits per heavy atom. The van der Waals surface area contributed by atoms with Crippen molar-refractivity contribution in [2.45, 2.75) is 63.9 Å². The molecule has 2 unspecified atom stereocenters. The maximum atomic E-state index is 11.2. The summed E-state index contributed by atoms with van der Waals surface area (Å²) in [6.45, 7) is 6.24. The lowest BCUT2D eigenvalue weighted by atomic mass is 9.96. The molecule has 0 aromatic rings. The van der Waals surface area contributed by atoms with Gasteiger partial charge in [-0.15, -0.1) is 0 Å². The van der Waals surface area contributed by atoms with Gasteiger partial charge in [0.25, 0.3) is 0 Å². The zero-order chi connectivity index (χ0) is 14.8. The monoisotopic (exact) mass is 277 g/mol. The third-order valence-electron chi connectivity index (χ3n) is 2.72. The number of carbonyl (C=O) groups excluding carboxylic acids is 1. The first kappa shape index (κ1) is 16.3. The van der Waals surface area contributed by atoms with Crippen LogP contribution in [0.2, 0.25) is 0 Å². The van der Waals surface area contributed by atoms with E-state index in [1.165, 1.54) is 6.92 Å². The van der Waals surface area contributed by atoms with Gasteiger partial charge in [0, 0.05) is 6.92 Å². The average molecular weight is 277 g/mol. The molecule has 1 rings (SSSR count). The van der Waals surface area contributed by atoms with E-state index >= 15 is 0 Å². The van der Waals surface area contributed by atoms with Crippen molar-refractivity contribution < 1.29 is 29.6 Å². The molecule has 0 bridgehead atoms. The minimum Gasteiger partial charge on any atom is -0.394 e. The summed E-state index contributed by atoms with van der Waals surface area (Å²) in [6, 6.07) is -0.894. The van der Waals surface area contributed by atoms with Gasteiger partial charge in [-0.05, 0) is 20.8 Å². The van der Waals surface area contributed by atoms with Crippen molar-refractivity contribution in [1.82, 2.24) is 5.32 Å². The van der Waals surface area contributed by atoms with Crippen LogP contribution in [0.4, 0.5) is 0 Å². The first-order valence-electron chi connectivity index (χ1n) is 6.23. The van der Waals surface area contributed by atoms with E-state index in [2.05, 4.69) is 5.32 Å². The summed E-state index contributed by atoms with van der Waals surface area (Å²) in [5.41, 5.74) is -0.566. The second-order valence-electron chi connectivity index (χ2n) is 5.66. The van der Waals surface area contributed by atoms with E-state index < -0.39 is 42.9 Å². The average Bonchev–Trinajstić information content (AvgIpc) is 2.26. The van der Waals surface area contributed by atoms with E-state index in [-0.39, 0.29) is 5.91 Å². The molecular weight excluding hydrogens is 254 g/mol. The Balaban J connectivity index is 2.89. The van der Waals surface area contributed by atoms with Crippen molar-refractivity contribution in [2.24, 2.45) is 0 Å². The second-order valence-corrected chi connectivity index (χ2v) is 5.66. The highest BCUT2D eigenvalue weighted by Gasteiger charge is 2.46. The predicted molar refractivity (Wildman–Crippen MR) is 66.2 cm³/mol. The summed E-state index contributed by atoms with van der Waals surface area (Å²) in [5, 5.41) is 31.4. The lowest BCUT2D eigenvalue weighted by Gasteiger charge is -2.44. The fourth-order valence-corrected chi connectivity index (χ4v) is 1.92. The van der Waals surface area contributed by atoms with Crippen LogP contribution >= 0.6 is 0 Å². The maximum Gasteiger partial charge on any atom is 0.217 e. The summed E-state index contributed by atoms with van der Waals surface area (Å²) in [5.74, 6) is -0.371. The van der Waals surface area contributed by atoms with Crippen LogP contribution in [0.1, 0.15) is 27.7 Å². The standard InChI is InChI=1S/C12H23NO6/c1-6(15)13-8-10(17)9(16)7(5-14)18-11(8)19-12(2,3)4/h7-11,14,16-17H,5H2,1-4H3,(H,13,15)/t7?,8-,9-,10?,11+/m0/s1. The molecule has 0 aromatic heterocycles. The smallest absolute Gasteiger partial charge is 0.217 e. The van der Waals surface area contributed by atoms with E-state index in [0.717, 1.165) is 0 Å². The lowest BCUT2D eigenvalue weighted by molar-refractivity contribution is -0.292. The number of ether oxygens (including phenoxy) is 2. The highest BCUT2D eigenvalue weighted by molar-refractivity contribution is 5.73. The molecule has 7 heteroatoms. The van der Waals surface area contributed by atoms with Crippen LogP contribution in [0.3, 0.4) is 0 Å². The van der Waals surface area contributed by atoms with Crippen LogP contribution in [0.25, 0.3) is 0 Å². The van der Waals surface area contributed by atoms with Crippen molar-refractivity contribution >= 4 is 5.91 Å². The molecule has 0 aromatic carbocycles. The van der Waals surface area contributed by atoms with Gasteiger partial charge in [-0.3, -0.25) is 4.79 Å².